The predicted molar refractivity (Wildman–Crippen MR) is 61.2 cm³/mol. The van der Waals surface area contributed by atoms with E-state index >= 15 is 0 Å². The molecule has 1 atom stereocenters. The Kier molecular flexibility index (Phi) is 2.72. The van der Waals surface area contributed by atoms with Crippen LogP contribution in [0.25, 0.3) is 12.2 Å². The number of aromatic amines is 1. The van der Waals surface area contributed by atoms with Crippen molar-refractivity contribution in [2.75, 3.05) is 0 Å². The Morgan fingerprint density at radius 1 is 1.31 bits per heavy atom. The van der Waals surface area contributed by atoms with Crippen molar-refractivity contribution in [3.63, 3.8) is 0 Å². The summed E-state index contributed by atoms with van der Waals surface area (Å²) in [6.45, 7) is 0. The van der Waals surface area contributed by atoms with Gasteiger partial charge in [-0.1, -0.05) is 23.5 Å². The van der Waals surface area contributed by atoms with E-state index in [0.29, 0.717) is 0 Å². The Balaban J connectivity index is 2.36. The van der Waals surface area contributed by atoms with Crippen LogP contribution in [-0.2, 0) is 0 Å². The van der Waals surface area contributed by atoms with E-state index in [2.05, 4.69) is 4.98 Å². The molecule has 1 aromatic heterocycles. The topological polar surface area (TPSA) is 80.4 Å². The van der Waals surface area contributed by atoms with Crippen molar-refractivity contribution in [2.24, 2.45) is 11.8 Å². The molecule has 2 rings (SSSR count). The zero-order chi connectivity index (χ0) is 11.5. The predicted octanol–water partition coefficient (Wildman–Crippen LogP) is 1.76. The Hall–Kier alpha value is -2.11. The molecule has 1 aliphatic rings. The quantitative estimate of drug-likeness (QED) is 0.796. The molecule has 4 nitrogen and oxygen atoms in total. The summed E-state index contributed by atoms with van der Waals surface area (Å²) < 4.78 is 0. The van der Waals surface area contributed by atoms with Crippen LogP contribution >= 0.6 is 11.3 Å². The second-order valence-corrected chi connectivity index (χ2v) is 4.34. The van der Waals surface area contributed by atoms with Crippen molar-refractivity contribution in [1.82, 2.24) is 4.98 Å². The third-order valence-electron chi connectivity index (χ3n) is 2.32. The van der Waals surface area contributed by atoms with Gasteiger partial charge >= 0.3 is 4.87 Å². The molecule has 0 fully saturated rings. The maximum absolute atomic E-state index is 11.1. The molecule has 0 aromatic carbocycles. The van der Waals surface area contributed by atoms with Gasteiger partial charge in [0.15, 0.2) is 0 Å². The Labute approximate surface area is 95.8 Å². The summed E-state index contributed by atoms with van der Waals surface area (Å²) >= 11 is 1.12. The van der Waals surface area contributed by atoms with Gasteiger partial charge in [0.05, 0.1) is 22.7 Å². The Bertz CT molecular complexity index is 545. The van der Waals surface area contributed by atoms with Gasteiger partial charge in [0, 0.05) is 5.92 Å². The van der Waals surface area contributed by atoms with Gasteiger partial charge < -0.3 is 4.98 Å². The maximum Gasteiger partial charge on any atom is 0.305 e. The van der Waals surface area contributed by atoms with Gasteiger partial charge in [0.1, 0.15) is 5.92 Å². The lowest BCUT2D eigenvalue weighted by Gasteiger charge is -2.04. The summed E-state index contributed by atoms with van der Waals surface area (Å²) in [4.78, 5) is 14.5. The van der Waals surface area contributed by atoms with E-state index in [1.807, 2.05) is 12.1 Å². The normalized spacial score (nSPS) is 17.6. The number of nitrogens with zero attached hydrogens (tertiary/aromatic N) is 2. The fourth-order valence-electron chi connectivity index (χ4n) is 1.49. The van der Waals surface area contributed by atoms with Crippen LogP contribution in [0, 0.1) is 34.5 Å². The number of rotatable bonds is 1. The molecule has 1 aromatic rings. The third kappa shape index (κ3) is 1.81. The van der Waals surface area contributed by atoms with Crippen LogP contribution in [0.3, 0.4) is 0 Å². The number of H-pyrrole nitrogens is 1. The molecule has 1 unspecified atom stereocenters. The molecular weight excluding hydrogens is 222 g/mol. The highest BCUT2D eigenvalue weighted by molar-refractivity contribution is 7.10. The van der Waals surface area contributed by atoms with E-state index in [1.54, 1.807) is 24.3 Å². The van der Waals surface area contributed by atoms with E-state index in [0.717, 1.165) is 21.9 Å². The minimum Gasteiger partial charge on any atom is -0.312 e. The maximum atomic E-state index is 11.1. The lowest BCUT2D eigenvalue weighted by atomic mass is 9.94. The third-order valence-corrected chi connectivity index (χ3v) is 3.19. The molecule has 0 aliphatic heterocycles. The summed E-state index contributed by atoms with van der Waals surface area (Å²) in [5.41, 5.74) is 0.739. The molecule has 0 saturated carbocycles. The van der Waals surface area contributed by atoms with Crippen LogP contribution < -0.4 is 4.87 Å². The van der Waals surface area contributed by atoms with E-state index < -0.39 is 5.92 Å². The Morgan fingerprint density at radius 2 is 2.00 bits per heavy atom. The van der Waals surface area contributed by atoms with Gasteiger partial charge in [-0.25, -0.2) is 0 Å². The van der Waals surface area contributed by atoms with Crippen molar-refractivity contribution in [1.29, 1.82) is 10.5 Å². The van der Waals surface area contributed by atoms with Crippen molar-refractivity contribution >= 4 is 23.5 Å². The van der Waals surface area contributed by atoms with Gasteiger partial charge in [-0.15, -0.1) is 0 Å². The molecule has 0 radical (unpaired) electrons. The second-order valence-electron chi connectivity index (χ2n) is 3.32. The van der Waals surface area contributed by atoms with Gasteiger partial charge in [-0.05, 0) is 12.2 Å². The zero-order valence-electron chi connectivity index (χ0n) is 8.18. The highest BCUT2D eigenvalue weighted by Crippen LogP contribution is 2.23. The molecule has 1 aliphatic carbocycles. The van der Waals surface area contributed by atoms with Crippen LogP contribution in [-0.4, -0.2) is 4.98 Å². The lowest BCUT2D eigenvalue weighted by molar-refractivity contribution is 0.707. The fourth-order valence-corrected chi connectivity index (χ4v) is 2.23. The molecule has 1 heterocycles. The van der Waals surface area contributed by atoms with E-state index in [-0.39, 0.29) is 10.8 Å². The van der Waals surface area contributed by atoms with E-state index in [9.17, 15) is 4.79 Å². The lowest BCUT2D eigenvalue weighted by Crippen LogP contribution is -2.05. The van der Waals surface area contributed by atoms with Gasteiger partial charge in [-0.2, -0.15) is 10.5 Å². The smallest absolute Gasteiger partial charge is 0.305 e. The fraction of sp³-hybridized carbons (Fsp3) is 0.182. The summed E-state index contributed by atoms with van der Waals surface area (Å²) in [5, 5.41) is 17.6. The van der Waals surface area contributed by atoms with Crippen LogP contribution in [0.15, 0.2) is 16.9 Å². The van der Waals surface area contributed by atoms with Gasteiger partial charge in [0.25, 0.3) is 0 Å². The molecule has 16 heavy (non-hydrogen) atoms. The molecule has 0 bridgehead atoms. The first-order chi connectivity index (χ1) is 7.74. The minimum absolute atomic E-state index is 0.102. The standard InChI is InChI=1S/C11H7N3OS/c12-5-8(6-13)7-1-3-9-10(4-2-7)16-11(15)14-9/h1-4,7-8H,(H,14,15). The highest BCUT2D eigenvalue weighted by Gasteiger charge is 2.17. The number of hydrogen-bond donors (Lipinski definition) is 1. The van der Waals surface area contributed by atoms with Crippen molar-refractivity contribution < 1.29 is 0 Å². The zero-order valence-corrected chi connectivity index (χ0v) is 8.99. The molecular formula is C11H7N3OS. The van der Waals surface area contributed by atoms with E-state index in [1.165, 1.54) is 0 Å². The second kappa shape index (κ2) is 4.18. The summed E-state index contributed by atoms with van der Waals surface area (Å²) in [6, 6.07) is 3.89. The molecule has 0 saturated heterocycles. The number of fused-ring (bicyclic) bond motifs is 1. The number of thiazole rings is 1. The average Bonchev–Trinajstić information content (AvgIpc) is 2.53. The van der Waals surface area contributed by atoms with Crippen LogP contribution in [0.2, 0.25) is 0 Å². The highest BCUT2D eigenvalue weighted by atomic mass is 32.1. The van der Waals surface area contributed by atoms with Crippen molar-refractivity contribution in [3.8, 4) is 12.1 Å². The molecule has 1 N–H and O–H groups in total. The van der Waals surface area contributed by atoms with E-state index in [4.69, 9.17) is 10.5 Å². The van der Waals surface area contributed by atoms with Gasteiger partial charge in [-0.3, -0.25) is 4.79 Å². The number of hydrogen-bond acceptors (Lipinski definition) is 4. The molecule has 0 amide bonds. The minimum atomic E-state index is -0.687. The largest absolute Gasteiger partial charge is 0.312 e. The Morgan fingerprint density at radius 3 is 2.69 bits per heavy atom. The van der Waals surface area contributed by atoms with Crippen LogP contribution in [0.1, 0.15) is 10.6 Å². The SMILES string of the molecule is N#CC(C#N)C1C=Cc2[nH]c(=O)sc2C=C1. The number of allylic oxidation sites excluding steroid dienone is 2. The molecule has 78 valence electrons. The van der Waals surface area contributed by atoms with Crippen LogP contribution in [0.5, 0.6) is 0 Å². The van der Waals surface area contributed by atoms with Gasteiger partial charge in [0.2, 0.25) is 0 Å². The first kappa shape index (κ1) is 10.4. The van der Waals surface area contributed by atoms with Crippen molar-refractivity contribution in [3.05, 3.63) is 32.4 Å². The first-order valence-electron chi connectivity index (χ1n) is 4.63. The number of aromatic nitrogens is 1. The summed E-state index contributed by atoms with van der Waals surface area (Å²) in [7, 11) is 0. The average molecular weight is 229 g/mol. The first-order valence-corrected chi connectivity index (χ1v) is 5.45. The number of nitriles is 2. The number of nitrogens with one attached hydrogen (secondary N) is 1. The summed E-state index contributed by atoms with van der Waals surface area (Å²) in [5.74, 6) is -0.911. The monoisotopic (exact) mass is 229 g/mol. The van der Waals surface area contributed by atoms with Crippen molar-refractivity contribution in [2.45, 2.75) is 0 Å². The molecule has 0 spiro atoms. The summed E-state index contributed by atoms with van der Waals surface area (Å²) in [6.07, 6.45) is 7.08. The van der Waals surface area contributed by atoms with Crippen LogP contribution in [0.4, 0.5) is 0 Å². The molecule has 5 heteroatoms.